The quantitative estimate of drug-likeness (QED) is 0.317. The minimum Gasteiger partial charge on any atom is -0.496 e. The van der Waals surface area contributed by atoms with E-state index in [0.29, 0.717) is 29.2 Å². The van der Waals surface area contributed by atoms with E-state index < -0.39 is 17.9 Å². The van der Waals surface area contributed by atoms with Gasteiger partial charge in [0.25, 0.3) is 11.8 Å². The van der Waals surface area contributed by atoms with Gasteiger partial charge in [-0.25, -0.2) is 0 Å². The zero-order valence-corrected chi connectivity index (χ0v) is 23.5. The number of methoxy groups -OCH3 is 1. The summed E-state index contributed by atoms with van der Waals surface area (Å²) >= 11 is 0.780. The number of nitrogens with zero attached hydrogens (tertiary/aromatic N) is 2. The topological polar surface area (TPSA) is 150 Å². The second-order valence-corrected chi connectivity index (χ2v) is 10.4. The Bertz CT molecular complexity index is 1340. The van der Waals surface area contributed by atoms with Crippen molar-refractivity contribution in [2.75, 3.05) is 19.5 Å². The molecule has 11 heteroatoms. The maximum atomic E-state index is 14.2. The molecule has 3 aromatic rings. The van der Waals surface area contributed by atoms with Crippen molar-refractivity contribution in [3.8, 4) is 11.5 Å². The number of nitrogen functional groups attached to an aromatic ring is 1. The molecular formula is C29H35N5O5S. The number of carbonyl (C=O) groups is 3. The highest BCUT2D eigenvalue weighted by atomic mass is 32.1. The van der Waals surface area contributed by atoms with Crippen molar-refractivity contribution < 1.29 is 23.9 Å². The Kier molecular flexibility index (Phi) is 9.60. The number of hydrogen-bond acceptors (Lipinski definition) is 8. The van der Waals surface area contributed by atoms with Gasteiger partial charge in [0.2, 0.25) is 5.91 Å². The lowest BCUT2D eigenvalue weighted by Crippen LogP contribution is -2.46. The van der Waals surface area contributed by atoms with Crippen LogP contribution in [0.4, 0.5) is 5.69 Å². The molecule has 0 spiro atoms. The third kappa shape index (κ3) is 6.53. The Hall–Kier alpha value is -4.12. The van der Waals surface area contributed by atoms with Gasteiger partial charge in [-0.15, -0.1) is 0 Å². The van der Waals surface area contributed by atoms with E-state index in [1.165, 1.54) is 4.90 Å². The number of carbonyl (C=O) groups excluding carboxylic acids is 3. The number of primary amides is 1. The molecule has 5 N–H and O–H groups in total. The summed E-state index contributed by atoms with van der Waals surface area (Å²) in [6.07, 6.45) is 4.98. The minimum atomic E-state index is -1.02. The van der Waals surface area contributed by atoms with E-state index >= 15 is 0 Å². The SMILES string of the molecule is CCOc1ccc(C(C(=O)NC2CCCCC2)N(Cc2ccccc2OC)C(=O)c2snc(C(N)=O)c2N)cc1. The zero-order valence-electron chi connectivity index (χ0n) is 22.7. The molecule has 40 heavy (non-hydrogen) atoms. The molecule has 212 valence electrons. The van der Waals surface area contributed by atoms with Gasteiger partial charge in [0.1, 0.15) is 22.4 Å². The normalized spacial score (nSPS) is 14.2. The first-order valence-corrected chi connectivity index (χ1v) is 14.1. The van der Waals surface area contributed by atoms with E-state index in [4.69, 9.17) is 20.9 Å². The van der Waals surface area contributed by atoms with Crippen molar-refractivity contribution in [1.29, 1.82) is 0 Å². The summed E-state index contributed by atoms with van der Waals surface area (Å²) < 4.78 is 15.2. The lowest BCUT2D eigenvalue weighted by molar-refractivity contribution is -0.127. The predicted octanol–water partition coefficient (Wildman–Crippen LogP) is 4.06. The van der Waals surface area contributed by atoms with Gasteiger partial charge in [-0.05, 0) is 55.1 Å². The summed E-state index contributed by atoms with van der Waals surface area (Å²) in [5.74, 6) is -0.475. The Morgan fingerprint density at radius 3 is 2.42 bits per heavy atom. The van der Waals surface area contributed by atoms with Crippen LogP contribution in [0.3, 0.4) is 0 Å². The van der Waals surface area contributed by atoms with Crippen LogP contribution in [0.2, 0.25) is 0 Å². The van der Waals surface area contributed by atoms with E-state index in [2.05, 4.69) is 9.69 Å². The molecule has 1 atom stereocenters. The first-order valence-electron chi connectivity index (χ1n) is 13.3. The van der Waals surface area contributed by atoms with Gasteiger partial charge < -0.3 is 31.2 Å². The summed E-state index contributed by atoms with van der Waals surface area (Å²) in [5.41, 5.74) is 12.6. The Labute approximate surface area is 237 Å². The predicted molar refractivity (Wildman–Crippen MR) is 153 cm³/mol. The molecule has 1 heterocycles. The van der Waals surface area contributed by atoms with Gasteiger partial charge in [0, 0.05) is 11.6 Å². The van der Waals surface area contributed by atoms with Gasteiger partial charge in [-0.1, -0.05) is 49.6 Å². The third-order valence-electron chi connectivity index (χ3n) is 6.97. The monoisotopic (exact) mass is 565 g/mol. The van der Waals surface area contributed by atoms with Crippen LogP contribution in [0.25, 0.3) is 0 Å². The van der Waals surface area contributed by atoms with E-state index in [1.54, 1.807) is 37.4 Å². The number of anilines is 1. The molecule has 1 aliphatic rings. The largest absolute Gasteiger partial charge is 0.496 e. The highest BCUT2D eigenvalue weighted by Crippen LogP contribution is 2.33. The number of benzene rings is 2. The van der Waals surface area contributed by atoms with Gasteiger partial charge in [-0.2, -0.15) is 4.37 Å². The fourth-order valence-corrected chi connectivity index (χ4v) is 5.73. The fraction of sp³-hybridized carbons (Fsp3) is 0.379. The molecule has 10 nitrogen and oxygen atoms in total. The van der Waals surface area contributed by atoms with Crippen LogP contribution in [-0.2, 0) is 11.3 Å². The molecule has 1 aliphatic carbocycles. The van der Waals surface area contributed by atoms with Crippen molar-refractivity contribution >= 4 is 34.9 Å². The summed E-state index contributed by atoms with van der Waals surface area (Å²) in [6.45, 7) is 2.42. The third-order valence-corrected chi connectivity index (χ3v) is 7.82. The number of para-hydroxylation sites is 1. The van der Waals surface area contributed by atoms with Crippen LogP contribution in [0.15, 0.2) is 48.5 Å². The Morgan fingerprint density at radius 1 is 1.10 bits per heavy atom. The van der Waals surface area contributed by atoms with E-state index in [0.717, 1.165) is 43.6 Å². The number of nitrogens with two attached hydrogens (primary N) is 2. The first kappa shape index (κ1) is 28.9. The molecule has 1 fully saturated rings. The molecule has 1 saturated carbocycles. The molecular weight excluding hydrogens is 530 g/mol. The molecule has 0 saturated heterocycles. The summed E-state index contributed by atoms with van der Waals surface area (Å²) in [7, 11) is 1.55. The van der Waals surface area contributed by atoms with Crippen molar-refractivity contribution in [2.24, 2.45) is 5.73 Å². The van der Waals surface area contributed by atoms with Crippen molar-refractivity contribution in [1.82, 2.24) is 14.6 Å². The molecule has 0 radical (unpaired) electrons. The van der Waals surface area contributed by atoms with Crippen molar-refractivity contribution in [2.45, 2.75) is 57.7 Å². The average Bonchev–Trinajstić information content (AvgIpc) is 3.35. The zero-order chi connectivity index (χ0) is 28.6. The molecule has 1 unspecified atom stereocenters. The van der Waals surface area contributed by atoms with Crippen LogP contribution in [0, 0.1) is 0 Å². The summed E-state index contributed by atoms with van der Waals surface area (Å²) in [4.78, 5) is 41.6. The summed E-state index contributed by atoms with van der Waals surface area (Å²) in [5, 5.41) is 3.18. The first-order chi connectivity index (χ1) is 19.3. The van der Waals surface area contributed by atoms with Crippen molar-refractivity contribution in [3.05, 3.63) is 70.2 Å². The smallest absolute Gasteiger partial charge is 0.270 e. The fourth-order valence-electron chi connectivity index (χ4n) is 4.97. The van der Waals surface area contributed by atoms with Crippen molar-refractivity contribution in [3.63, 3.8) is 0 Å². The number of amides is 3. The van der Waals surface area contributed by atoms with Gasteiger partial charge in [-0.3, -0.25) is 14.4 Å². The maximum Gasteiger partial charge on any atom is 0.270 e. The second kappa shape index (κ2) is 13.3. The van der Waals surface area contributed by atoms with E-state index in [9.17, 15) is 14.4 Å². The van der Waals surface area contributed by atoms with Crippen LogP contribution in [-0.4, -0.2) is 46.8 Å². The highest BCUT2D eigenvalue weighted by Gasteiger charge is 2.36. The summed E-state index contributed by atoms with van der Waals surface area (Å²) in [6, 6.07) is 13.4. The lowest BCUT2D eigenvalue weighted by atomic mass is 9.94. The van der Waals surface area contributed by atoms with Gasteiger partial charge in [0.15, 0.2) is 5.69 Å². The number of aromatic nitrogens is 1. The molecule has 2 aromatic carbocycles. The van der Waals surface area contributed by atoms with Crippen LogP contribution < -0.4 is 26.3 Å². The Balaban J connectivity index is 1.81. The van der Waals surface area contributed by atoms with Crippen LogP contribution in [0.1, 0.15) is 76.4 Å². The second-order valence-electron chi connectivity index (χ2n) is 9.63. The van der Waals surface area contributed by atoms with Crippen LogP contribution in [0.5, 0.6) is 11.5 Å². The number of ether oxygens (including phenoxy) is 2. The molecule has 0 aliphatic heterocycles. The highest BCUT2D eigenvalue weighted by molar-refractivity contribution is 7.09. The standard InChI is InChI=1S/C29H35N5O5S/c1-3-39-21-15-13-18(14-16-21)25(28(36)32-20-10-5-4-6-11-20)34(17-19-9-7-8-12-22(19)38-2)29(37)26-23(30)24(27(31)35)33-40-26/h7-9,12-16,20,25H,3-6,10-11,17,30H2,1-2H3,(H2,31,35)(H,32,36). The van der Waals surface area contributed by atoms with E-state index in [-0.39, 0.29) is 34.8 Å². The van der Waals surface area contributed by atoms with Gasteiger partial charge >= 0.3 is 0 Å². The van der Waals surface area contributed by atoms with E-state index in [1.807, 2.05) is 25.1 Å². The molecule has 0 bridgehead atoms. The number of rotatable bonds is 11. The lowest BCUT2D eigenvalue weighted by Gasteiger charge is -2.33. The average molecular weight is 566 g/mol. The van der Waals surface area contributed by atoms with Crippen LogP contribution >= 0.6 is 11.5 Å². The molecule has 4 rings (SSSR count). The molecule has 1 aromatic heterocycles. The maximum absolute atomic E-state index is 14.2. The minimum absolute atomic E-state index is 0.0181. The number of hydrogen-bond donors (Lipinski definition) is 3. The Morgan fingerprint density at radius 2 is 1.80 bits per heavy atom. The molecule has 3 amide bonds. The van der Waals surface area contributed by atoms with Gasteiger partial charge in [0.05, 0.1) is 25.9 Å². The number of nitrogens with one attached hydrogen (secondary N) is 1.